The monoisotopic (exact) mass is 436 g/mol. The number of halogens is 4. The van der Waals surface area contributed by atoms with Crippen LogP contribution >= 0.6 is 0 Å². The van der Waals surface area contributed by atoms with Gasteiger partial charge in [0.2, 0.25) is 0 Å². The minimum atomic E-state index is -0.915. The van der Waals surface area contributed by atoms with Crippen LogP contribution in [0, 0.1) is 23.3 Å². The van der Waals surface area contributed by atoms with Gasteiger partial charge in [-0.1, -0.05) is 43.0 Å². The highest BCUT2D eigenvalue weighted by atomic mass is 19.2. The lowest BCUT2D eigenvalue weighted by molar-refractivity contribution is 0.361. The first-order valence-electron chi connectivity index (χ1n) is 10.1. The van der Waals surface area contributed by atoms with Crippen molar-refractivity contribution in [2.24, 2.45) is 0 Å². The summed E-state index contributed by atoms with van der Waals surface area (Å²) in [7, 11) is 0. The van der Waals surface area contributed by atoms with E-state index in [-0.39, 0.29) is 12.4 Å². The number of fused-ring (bicyclic) bond motifs is 1. The topological polar surface area (TPSA) is 9.23 Å². The maximum atomic E-state index is 15.1. The summed E-state index contributed by atoms with van der Waals surface area (Å²) < 4.78 is 61.5. The summed E-state index contributed by atoms with van der Waals surface area (Å²) in [4.78, 5) is 0. The fourth-order valence-corrected chi connectivity index (χ4v) is 3.65. The van der Waals surface area contributed by atoms with Crippen molar-refractivity contribution >= 4 is 10.8 Å². The van der Waals surface area contributed by atoms with Gasteiger partial charge in [0.1, 0.15) is 24.0 Å². The number of ether oxygens (including phenoxy) is 1. The van der Waals surface area contributed by atoms with E-state index >= 15 is 4.39 Å². The average Bonchev–Trinajstić information content (AvgIpc) is 2.79. The molecule has 32 heavy (non-hydrogen) atoms. The number of rotatable bonds is 7. The van der Waals surface area contributed by atoms with Gasteiger partial charge in [0.15, 0.2) is 11.6 Å². The van der Waals surface area contributed by atoms with Crippen molar-refractivity contribution in [1.29, 1.82) is 0 Å². The van der Waals surface area contributed by atoms with Crippen molar-refractivity contribution in [3.63, 3.8) is 0 Å². The van der Waals surface area contributed by atoms with Crippen LogP contribution in [-0.2, 0) is 12.8 Å². The standard InChI is InChI=1S/C27H20F4O/c1-2-13-32-21-9-11-22(25(29)16-21)19-8-10-23-20(15-19)7-6-18(27(23)31)5-3-17-4-12-24(28)26(30)14-17/h2,4,6-12,14-16H,1,3,5,13H2. The summed E-state index contributed by atoms with van der Waals surface area (Å²) in [5, 5.41) is 1.06. The lowest BCUT2D eigenvalue weighted by Gasteiger charge is -2.11. The van der Waals surface area contributed by atoms with Gasteiger partial charge in [0.05, 0.1) is 0 Å². The highest BCUT2D eigenvalue weighted by Gasteiger charge is 2.12. The molecule has 0 saturated carbocycles. The SMILES string of the molecule is C=CCOc1ccc(-c2ccc3c(F)c(CCc4ccc(F)c(F)c4)ccc3c2)c(F)c1. The fourth-order valence-electron chi connectivity index (χ4n) is 3.65. The van der Waals surface area contributed by atoms with Gasteiger partial charge >= 0.3 is 0 Å². The Bertz CT molecular complexity index is 1300. The van der Waals surface area contributed by atoms with Gasteiger partial charge in [0, 0.05) is 17.0 Å². The number of hydrogen-bond acceptors (Lipinski definition) is 1. The molecule has 0 amide bonds. The minimum absolute atomic E-state index is 0.284. The molecule has 0 radical (unpaired) electrons. The molecule has 0 aliphatic carbocycles. The lowest BCUT2D eigenvalue weighted by atomic mass is 9.97. The molecule has 162 valence electrons. The van der Waals surface area contributed by atoms with Gasteiger partial charge in [-0.05, 0) is 65.3 Å². The Labute approximate surface area is 183 Å². The second-order valence-electron chi connectivity index (χ2n) is 7.46. The van der Waals surface area contributed by atoms with Crippen molar-refractivity contribution in [2.75, 3.05) is 6.61 Å². The lowest BCUT2D eigenvalue weighted by Crippen LogP contribution is -1.97. The molecule has 0 aliphatic rings. The zero-order valence-corrected chi connectivity index (χ0v) is 17.2. The Morgan fingerprint density at radius 2 is 1.59 bits per heavy atom. The Balaban J connectivity index is 1.58. The van der Waals surface area contributed by atoms with Crippen LogP contribution in [0.3, 0.4) is 0 Å². The largest absolute Gasteiger partial charge is 0.489 e. The molecule has 0 saturated heterocycles. The van der Waals surface area contributed by atoms with E-state index in [9.17, 15) is 13.2 Å². The molecule has 0 heterocycles. The quantitative estimate of drug-likeness (QED) is 0.216. The molecule has 4 aromatic carbocycles. The molecule has 5 heteroatoms. The third-order valence-corrected chi connectivity index (χ3v) is 5.32. The third-order valence-electron chi connectivity index (χ3n) is 5.32. The summed E-state index contributed by atoms with van der Waals surface area (Å²) in [6.07, 6.45) is 2.30. The van der Waals surface area contributed by atoms with Crippen LogP contribution in [0.1, 0.15) is 11.1 Å². The Morgan fingerprint density at radius 3 is 2.34 bits per heavy atom. The van der Waals surface area contributed by atoms with Gasteiger partial charge < -0.3 is 4.74 Å². The van der Waals surface area contributed by atoms with Crippen molar-refractivity contribution in [1.82, 2.24) is 0 Å². The van der Waals surface area contributed by atoms with E-state index in [4.69, 9.17) is 4.74 Å². The second-order valence-corrected chi connectivity index (χ2v) is 7.46. The van der Waals surface area contributed by atoms with Gasteiger partial charge in [-0.2, -0.15) is 0 Å². The van der Waals surface area contributed by atoms with E-state index in [1.165, 1.54) is 12.1 Å². The van der Waals surface area contributed by atoms with Crippen molar-refractivity contribution < 1.29 is 22.3 Å². The van der Waals surface area contributed by atoms with Crippen molar-refractivity contribution in [2.45, 2.75) is 12.8 Å². The Hall–Kier alpha value is -3.60. The molecule has 0 atom stereocenters. The van der Waals surface area contributed by atoms with Gasteiger partial charge in [-0.15, -0.1) is 0 Å². The number of benzene rings is 4. The maximum absolute atomic E-state index is 15.1. The van der Waals surface area contributed by atoms with Crippen molar-refractivity contribution in [3.05, 3.63) is 114 Å². The normalized spacial score (nSPS) is 11.0. The molecule has 0 bridgehead atoms. The van der Waals surface area contributed by atoms with Crippen molar-refractivity contribution in [3.8, 4) is 16.9 Å². The molecule has 0 spiro atoms. The molecule has 1 nitrogen and oxygen atoms in total. The second kappa shape index (κ2) is 9.27. The number of hydrogen-bond donors (Lipinski definition) is 0. The van der Waals surface area contributed by atoms with Crippen LogP contribution in [0.2, 0.25) is 0 Å². The Morgan fingerprint density at radius 1 is 0.750 bits per heavy atom. The van der Waals surface area contributed by atoms with Gasteiger partial charge in [-0.3, -0.25) is 0 Å². The predicted molar refractivity (Wildman–Crippen MR) is 119 cm³/mol. The van der Waals surface area contributed by atoms with Crippen LogP contribution in [0.5, 0.6) is 5.75 Å². The molecule has 0 aromatic heterocycles. The first-order valence-corrected chi connectivity index (χ1v) is 10.1. The summed E-state index contributed by atoms with van der Waals surface area (Å²) >= 11 is 0. The van der Waals surface area contributed by atoms with E-state index in [0.29, 0.717) is 51.6 Å². The highest BCUT2D eigenvalue weighted by Crippen LogP contribution is 2.31. The van der Waals surface area contributed by atoms with Crippen LogP contribution in [0.15, 0.2) is 79.4 Å². The molecule has 0 unspecified atom stereocenters. The smallest absolute Gasteiger partial charge is 0.159 e. The molecule has 4 rings (SSSR count). The molecule has 0 fully saturated rings. The minimum Gasteiger partial charge on any atom is -0.489 e. The molecule has 0 aliphatic heterocycles. The molecule has 0 N–H and O–H groups in total. The van der Waals surface area contributed by atoms with E-state index in [2.05, 4.69) is 6.58 Å². The van der Waals surface area contributed by atoms with Gasteiger partial charge in [-0.25, -0.2) is 17.6 Å². The Kier molecular flexibility index (Phi) is 6.26. The molecule has 4 aromatic rings. The zero-order valence-electron chi connectivity index (χ0n) is 17.2. The third kappa shape index (κ3) is 4.52. The van der Waals surface area contributed by atoms with E-state index in [1.807, 2.05) is 0 Å². The summed E-state index contributed by atoms with van der Waals surface area (Å²) in [6, 6.07) is 16.8. The van der Waals surface area contributed by atoms with Crippen LogP contribution in [0.4, 0.5) is 17.6 Å². The fraction of sp³-hybridized carbons (Fsp3) is 0.111. The predicted octanol–water partition coefficient (Wildman–Crippen LogP) is 7.41. The van der Waals surface area contributed by atoms with Crippen LogP contribution in [0.25, 0.3) is 21.9 Å². The average molecular weight is 436 g/mol. The van der Waals surface area contributed by atoms with Gasteiger partial charge in [0.25, 0.3) is 0 Å². The van der Waals surface area contributed by atoms with E-state index in [0.717, 1.165) is 12.1 Å². The highest BCUT2D eigenvalue weighted by molar-refractivity contribution is 5.88. The first kappa shape index (κ1) is 21.6. The number of aryl methyl sites for hydroxylation is 2. The van der Waals surface area contributed by atoms with E-state index < -0.39 is 17.5 Å². The molecular weight excluding hydrogens is 416 g/mol. The summed E-state index contributed by atoms with van der Waals surface area (Å²) in [6.45, 7) is 3.85. The van der Waals surface area contributed by atoms with E-state index in [1.54, 1.807) is 48.5 Å². The summed E-state index contributed by atoms with van der Waals surface area (Å²) in [5.41, 5.74) is 2.08. The molecular formula is C27H20F4O. The zero-order chi connectivity index (χ0) is 22.7. The maximum Gasteiger partial charge on any atom is 0.159 e. The first-order chi connectivity index (χ1) is 15.5. The van der Waals surface area contributed by atoms with Crippen LogP contribution in [-0.4, -0.2) is 6.61 Å². The summed E-state index contributed by atoms with van der Waals surface area (Å²) in [5.74, 6) is -2.22. The van der Waals surface area contributed by atoms with Crippen LogP contribution < -0.4 is 4.74 Å².